The maximum atomic E-state index is 9.22. The van der Waals surface area contributed by atoms with Crippen molar-refractivity contribution in [2.24, 2.45) is 4.99 Å². The van der Waals surface area contributed by atoms with E-state index >= 15 is 0 Å². The molecule has 0 aromatic heterocycles. The van der Waals surface area contributed by atoms with Gasteiger partial charge in [-0.05, 0) is 41.2 Å². The summed E-state index contributed by atoms with van der Waals surface area (Å²) in [4.78, 5) is 7.18. The Bertz CT molecular complexity index is 1060. The first kappa shape index (κ1) is 19.2. The van der Waals surface area contributed by atoms with E-state index in [0.29, 0.717) is 6.42 Å². The van der Waals surface area contributed by atoms with Crippen molar-refractivity contribution in [3.63, 3.8) is 0 Å². The van der Waals surface area contributed by atoms with Crippen LogP contribution in [0.25, 0.3) is 10.8 Å². The quantitative estimate of drug-likeness (QED) is 0.551. The molecule has 1 aliphatic heterocycles. The number of rotatable bonds is 7. The van der Waals surface area contributed by atoms with E-state index in [1.807, 2.05) is 0 Å². The molecule has 0 saturated carbocycles. The molecule has 0 saturated heterocycles. The third-order valence-electron chi connectivity index (χ3n) is 5.92. The first-order valence-electron chi connectivity index (χ1n) is 10.5. The molecule has 146 valence electrons. The molecule has 0 amide bonds. The minimum absolute atomic E-state index is 0.243. The van der Waals surface area contributed by atoms with Crippen molar-refractivity contribution >= 4 is 16.6 Å². The van der Waals surface area contributed by atoms with Gasteiger partial charge in [0.15, 0.2) is 0 Å². The number of hydrogen-bond acceptors (Lipinski definition) is 3. The molecular weight excluding hydrogens is 354 g/mol. The summed E-state index contributed by atoms with van der Waals surface area (Å²) in [6, 6.07) is 26.4. The monoisotopic (exact) mass is 381 g/mol. The standard InChI is InChI=1S/C26H27N3/c1-2-23(16-17-27)29-19-18-28-26(29)25-13-6-4-9-22(25)15-14-21-11-7-10-20-8-3-5-12-24(20)21/h3-13,23H,2,14-16,18-19H2,1H3. The van der Waals surface area contributed by atoms with Crippen LogP contribution in [0.15, 0.2) is 71.7 Å². The molecule has 3 aromatic carbocycles. The first-order chi connectivity index (χ1) is 14.3. The zero-order valence-corrected chi connectivity index (χ0v) is 17.0. The van der Waals surface area contributed by atoms with Gasteiger partial charge in [0.1, 0.15) is 5.84 Å². The molecule has 29 heavy (non-hydrogen) atoms. The average molecular weight is 382 g/mol. The van der Waals surface area contributed by atoms with Crippen LogP contribution in [0.5, 0.6) is 0 Å². The lowest BCUT2D eigenvalue weighted by molar-refractivity contribution is 0.330. The Morgan fingerprint density at radius 3 is 2.55 bits per heavy atom. The molecule has 1 heterocycles. The van der Waals surface area contributed by atoms with Gasteiger partial charge in [-0.2, -0.15) is 5.26 Å². The van der Waals surface area contributed by atoms with Crippen LogP contribution in [0, 0.1) is 11.3 Å². The van der Waals surface area contributed by atoms with E-state index < -0.39 is 0 Å². The van der Waals surface area contributed by atoms with Crippen molar-refractivity contribution in [3.05, 3.63) is 83.4 Å². The minimum atomic E-state index is 0.243. The molecule has 0 radical (unpaired) electrons. The Morgan fingerprint density at radius 1 is 0.966 bits per heavy atom. The number of hydrogen-bond donors (Lipinski definition) is 0. The van der Waals surface area contributed by atoms with Crippen molar-refractivity contribution in [1.82, 2.24) is 4.90 Å². The van der Waals surface area contributed by atoms with Crippen LogP contribution >= 0.6 is 0 Å². The molecule has 0 fully saturated rings. The van der Waals surface area contributed by atoms with Crippen LogP contribution in [0.2, 0.25) is 0 Å². The van der Waals surface area contributed by atoms with Crippen LogP contribution < -0.4 is 0 Å². The van der Waals surface area contributed by atoms with Crippen molar-refractivity contribution in [2.45, 2.75) is 38.6 Å². The molecule has 3 aromatic rings. The van der Waals surface area contributed by atoms with Crippen LogP contribution in [-0.2, 0) is 12.8 Å². The van der Waals surface area contributed by atoms with Gasteiger partial charge in [-0.1, -0.05) is 73.7 Å². The lowest BCUT2D eigenvalue weighted by Gasteiger charge is -2.29. The van der Waals surface area contributed by atoms with E-state index in [0.717, 1.165) is 38.2 Å². The summed E-state index contributed by atoms with van der Waals surface area (Å²) in [6.45, 7) is 3.88. The van der Waals surface area contributed by atoms with Crippen LogP contribution in [0.4, 0.5) is 0 Å². The fraction of sp³-hybridized carbons (Fsp3) is 0.308. The lowest BCUT2D eigenvalue weighted by atomic mass is 9.95. The Kier molecular flexibility index (Phi) is 5.91. The Hall–Kier alpha value is -3.12. The van der Waals surface area contributed by atoms with E-state index in [1.165, 1.54) is 27.5 Å². The predicted molar refractivity (Wildman–Crippen MR) is 120 cm³/mol. The summed E-state index contributed by atoms with van der Waals surface area (Å²) in [6.07, 6.45) is 3.49. The zero-order valence-electron chi connectivity index (χ0n) is 17.0. The largest absolute Gasteiger partial charge is 0.351 e. The second-order valence-electron chi connectivity index (χ2n) is 7.62. The van der Waals surface area contributed by atoms with Crippen molar-refractivity contribution in [3.8, 4) is 6.07 Å². The number of nitrogens with zero attached hydrogens (tertiary/aromatic N) is 3. The van der Waals surface area contributed by atoms with Crippen molar-refractivity contribution < 1.29 is 0 Å². The second kappa shape index (κ2) is 8.92. The normalized spacial score (nSPS) is 14.6. The third kappa shape index (κ3) is 4.03. The van der Waals surface area contributed by atoms with Crippen LogP contribution in [0.1, 0.15) is 36.5 Å². The second-order valence-corrected chi connectivity index (χ2v) is 7.62. The molecule has 1 unspecified atom stereocenters. The smallest absolute Gasteiger partial charge is 0.131 e. The average Bonchev–Trinajstić information content (AvgIpc) is 3.25. The maximum Gasteiger partial charge on any atom is 0.131 e. The highest BCUT2D eigenvalue weighted by Crippen LogP contribution is 2.24. The third-order valence-corrected chi connectivity index (χ3v) is 5.92. The highest BCUT2D eigenvalue weighted by molar-refractivity contribution is 6.01. The van der Waals surface area contributed by atoms with Gasteiger partial charge in [0.2, 0.25) is 0 Å². The van der Waals surface area contributed by atoms with Gasteiger partial charge in [0.05, 0.1) is 19.0 Å². The molecule has 0 bridgehead atoms. The number of amidine groups is 1. The molecule has 4 rings (SSSR count). The summed E-state index contributed by atoms with van der Waals surface area (Å²) in [5.41, 5.74) is 3.94. The van der Waals surface area contributed by atoms with E-state index in [-0.39, 0.29) is 6.04 Å². The van der Waals surface area contributed by atoms with Crippen LogP contribution in [-0.4, -0.2) is 29.9 Å². The highest BCUT2D eigenvalue weighted by Gasteiger charge is 2.26. The van der Waals surface area contributed by atoms with E-state index in [9.17, 15) is 5.26 Å². The SMILES string of the molecule is CCC(CC#N)N1CCN=C1c1ccccc1CCc1cccc2ccccc12. The molecular formula is C26H27N3. The first-order valence-corrected chi connectivity index (χ1v) is 10.5. The lowest BCUT2D eigenvalue weighted by Crippen LogP contribution is -2.38. The Morgan fingerprint density at radius 2 is 1.69 bits per heavy atom. The minimum Gasteiger partial charge on any atom is -0.351 e. The molecule has 0 aliphatic carbocycles. The summed E-state index contributed by atoms with van der Waals surface area (Å²) < 4.78 is 0. The Balaban J connectivity index is 1.60. The highest BCUT2D eigenvalue weighted by atomic mass is 15.3. The van der Waals surface area contributed by atoms with Gasteiger partial charge in [-0.25, -0.2) is 0 Å². The van der Waals surface area contributed by atoms with Gasteiger partial charge in [-0.15, -0.1) is 0 Å². The predicted octanol–water partition coefficient (Wildman–Crippen LogP) is 5.38. The molecule has 0 N–H and O–H groups in total. The van der Waals surface area contributed by atoms with Crippen LogP contribution in [0.3, 0.4) is 0 Å². The summed E-state index contributed by atoms with van der Waals surface area (Å²) in [7, 11) is 0. The fourth-order valence-corrected chi connectivity index (χ4v) is 4.37. The molecule has 3 nitrogen and oxygen atoms in total. The Labute approximate surface area is 173 Å². The van der Waals surface area contributed by atoms with Gasteiger partial charge in [0, 0.05) is 18.2 Å². The number of aliphatic imine (C=N–C) groups is 1. The number of nitriles is 1. The van der Waals surface area contributed by atoms with Gasteiger partial charge in [0.25, 0.3) is 0 Å². The van der Waals surface area contributed by atoms with Crippen molar-refractivity contribution in [1.29, 1.82) is 5.26 Å². The topological polar surface area (TPSA) is 39.4 Å². The fourth-order valence-electron chi connectivity index (χ4n) is 4.37. The number of benzene rings is 3. The molecule has 1 aliphatic rings. The summed E-state index contributed by atoms with van der Waals surface area (Å²) in [5, 5.41) is 11.9. The van der Waals surface area contributed by atoms with Gasteiger partial charge in [-0.3, -0.25) is 4.99 Å². The molecule has 0 spiro atoms. The molecule has 3 heteroatoms. The van der Waals surface area contributed by atoms with E-state index in [1.54, 1.807) is 0 Å². The zero-order chi connectivity index (χ0) is 20.1. The maximum absolute atomic E-state index is 9.22. The van der Waals surface area contributed by atoms with Crippen molar-refractivity contribution in [2.75, 3.05) is 13.1 Å². The van der Waals surface area contributed by atoms with Gasteiger partial charge >= 0.3 is 0 Å². The molecule has 1 atom stereocenters. The van der Waals surface area contributed by atoms with E-state index in [2.05, 4.69) is 84.6 Å². The number of fused-ring (bicyclic) bond motifs is 1. The summed E-state index contributed by atoms with van der Waals surface area (Å²) >= 11 is 0. The van der Waals surface area contributed by atoms with E-state index in [4.69, 9.17) is 4.99 Å². The van der Waals surface area contributed by atoms with Gasteiger partial charge < -0.3 is 4.90 Å². The summed E-state index contributed by atoms with van der Waals surface area (Å²) in [5.74, 6) is 1.07. The number of aryl methyl sites for hydroxylation is 2.